The number of benzene rings is 2. The summed E-state index contributed by atoms with van der Waals surface area (Å²) in [5.41, 5.74) is 2.03. The highest BCUT2D eigenvalue weighted by atomic mass is 16.5. The first-order valence-electron chi connectivity index (χ1n) is 10.9. The van der Waals surface area contributed by atoms with Crippen LogP contribution in [0.5, 0.6) is 11.5 Å². The fourth-order valence-electron chi connectivity index (χ4n) is 3.05. The normalized spacial score (nSPS) is 13.6. The Morgan fingerprint density at radius 2 is 1.26 bits per heavy atom. The quantitative estimate of drug-likeness (QED) is 0.397. The molecule has 31 heavy (non-hydrogen) atoms. The maximum atomic E-state index is 9.96. The number of aliphatic hydroxyl groups excluding tert-OH is 3. The highest BCUT2D eigenvalue weighted by Gasteiger charge is 2.23. The van der Waals surface area contributed by atoms with Crippen molar-refractivity contribution < 1.29 is 29.5 Å². The van der Waals surface area contributed by atoms with E-state index in [1.54, 1.807) is 0 Å². The second-order valence-electron chi connectivity index (χ2n) is 8.21. The molecule has 0 aliphatic heterocycles. The van der Waals surface area contributed by atoms with Gasteiger partial charge in [-0.05, 0) is 41.8 Å². The molecule has 0 amide bonds. The minimum atomic E-state index is -0.883. The summed E-state index contributed by atoms with van der Waals surface area (Å²) in [5, 5.41) is 28.2. The maximum Gasteiger partial charge on any atom is 0.119 e. The highest BCUT2D eigenvalue weighted by molar-refractivity contribution is 5.41. The zero-order valence-corrected chi connectivity index (χ0v) is 18.8. The van der Waals surface area contributed by atoms with E-state index in [0.717, 1.165) is 24.0 Å². The van der Waals surface area contributed by atoms with Crippen LogP contribution >= 0.6 is 0 Å². The van der Waals surface area contributed by atoms with Gasteiger partial charge in [0.05, 0.1) is 13.2 Å². The van der Waals surface area contributed by atoms with Crippen LogP contribution in [0.1, 0.15) is 44.7 Å². The minimum Gasteiger partial charge on any atom is -0.491 e. The number of aliphatic hydroxyl groups is 3. The molecule has 172 valence electrons. The van der Waals surface area contributed by atoms with Crippen LogP contribution < -0.4 is 9.47 Å². The Balaban J connectivity index is 1.90. The molecule has 0 radical (unpaired) electrons. The van der Waals surface area contributed by atoms with Gasteiger partial charge in [-0.3, -0.25) is 0 Å². The van der Waals surface area contributed by atoms with Crippen LogP contribution in [0, 0.1) is 0 Å². The summed E-state index contributed by atoms with van der Waals surface area (Å²) in [6.07, 6.45) is 0.536. The van der Waals surface area contributed by atoms with E-state index in [4.69, 9.17) is 19.3 Å². The van der Waals surface area contributed by atoms with E-state index >= 15 is 0 Å². The van der Waals surface area contributed by atoms with Crippen molar-refractivity contribution in [2.45, 2.75) is 51.2 Å². The first-order chi connectivity index (χ1) is 14.9. The third kappa shape index (κ3) is 8.15. The number of ether oxygens (including phenoxy) is 3. The van der Waals surface area contributed by atoms with Crippen LogP contribution in [0.3, 0.4) is 0 Å². The minimum absolute atomic E-state index is 0.0558. The van der Waals surface area contributed by atoms with E-state index in [-0.39, 0.29) is 31.8 Å². The lowest BCUT2D eigenvalue weighted by molar-refractivity contribution is 0.0113. The van der Waals surface area contributed by atoms with Crippen LogP contribution in [0.15, 0.2) is 48.5 Å². The van der Waals surface area contributed by atoms with Gasteiger partial charge in [0.2, 0.25) is 0 Å². The SMILES string of the molecule is CCCCOCC(O)COc1ccc(C(C)(C)c2ccc(OCC(O)CO)cc2)cc1. The van der Waals surface area contributed by atoms with Crippen LogP contribution in [0.25, 0.3) is 0 Å². The van der Waals surface area contributed by atoms with Crippen molar-refractivity contribution in [1.82, 2.24) is 0 Å². The molecule has 0 fully saturated rings. The molecule has 6 nitrogen and oxygen atoms in total. The van der Waals surface area contributed by atoms with E-state index < -0.39 is 12.2 Å². The first-order valence-corrected chi connectivity index (χ1v) is 10.9. The van der Waals surface area contributed by atoms with Crippen LogP contribution in [0.4, 0.5) is 0 Å². The second kappa shape index (κ2) is 12.7. The van der Waals surface area contributed by atoms with Crippen LogP contribution in [-0.2, 0) is 10.2 Å². The molecule has 6 heteroatoms. The van der Waals surface area contributed by atoms with Crippen molar-refractivity contribution in [3.8, 4) is 11.5 Å². The van der Waals surface area contributed by atoms with Gasteiger partial charge in [0.25, 0.3) is 0 Å². The Kier molecular flexibility index (Phi) is 10.3. The van der Waals surface area contributed by atoms with E-state index in [0.29, 0.717) is 18.1 Å². The predicted octanol–water partition coefficient (Wildman–Crippen LogP) is 3.30. The fourth-order valence-corrected chi connectivity index (χ4v) is 3.05. The molecule has 0 saturated heterocycles. The van der Waals surface area contributed by atoms with E-state index in [1.807, 2.05) is 48.5 Å². The summed E-state index contributed by atoms with van der Waals surface area (Å²) in [6, 6.07) is 15.6. The monoisotopic (exact) mass is 432 g/mol. The molecule has 0 aliphatic carbocycles. The number of hydrogen-bond donors (Lipinski definition) is 3. The Morgan fingerprint density at radius 1 is 0.774 bits per heavy atom. The molecule has 2 rings (SSSR count). The second-order valence-corrected chi connectivity index (χ2v) is 8.21. The molecule has 3 N–H and O–H groups in total. The molecular weight excluding hydrogens is 396 g/mol. The summed E-state index contributed by atoms with van der Waals surface area (Å²) in [4.78, 5) is 0. The van der Waals surface area contributed by atoms with Gasteiger partial charge < -0.3 is 29.5 Å². The number of hydrogen-bond acceptors (Lipinski definition) is 6. The average molecular weight is 433 g/mol. The zero-order valence-electron chi connectivity index (χ0n) is 18.8. The van der Waals surface area contributed by atoms with Crippen molar-refractivity contribution in [3.63, 3.8) is 0 Å². The predicted molar refractivity (Wildman–Crippen MR) is 121 cm³/mol. The number of unbranched alkanes of at least 4 members (excludes halogenated alkanes) is 1. The van der Waals surface area contributed by atoms with Crippen LogP contribution in [-0.4, -0.2) is 60.6 Å². The van der Waals surface area contributed by atoms with Crippen molar-refractivity contribution in [2.24, 2.45) is 0 Å². The largest absolute Gasteiger partial charge is 0.491 e. The highest BCUT2D eigenvalue weighted by Crippen LogP contribution is 2.33. The Labute approximate surface area is 185 Å². The molecule has 2 aromatic rings. The molecule has 0 bridgehead atoms. The topological polar surface area (TPSA) is 88.4 Å². The zero-order chi connectivity index (χ0) is 22.7. The van der Waals surface area contributed by atoms with Gasteiger partial charge in [-0.2, -0.15) is 0 Å². The molecule has 0 saturated carbocycles. The third-order valence-corrected chi connectivity index (χ3v) is 5.20. The Hall–Kier alpha value is -2.12. The van der Waals surface area contributed by atoms with Gasteiger partial charge in [0.15, 0.2) is 0 Å². The fraction of sp³-hybridized carbons (Fsp3) is 0.520. The van der Waals surface area contributed by atoms with Crippen molar-refractivity contribution in [1.29, 1.82) is 0 Å². The average Bonchev–Trinajstić information content (AvgIpc) is 2.79. The first kappa shape index (κ1) is 25.1. The summed E-state index contributed by atoms with van der Waals surface area (Å²) < 4.78 is 16.6. The van der Waals surface area contributed by atoms with Crippen molar-refractivity contribution in [2.75, 3.05) is 33.0 Å². The van der Waals surface area contributed by atoms with Crippen LogP contribution in [0.2, 0.25) is 0 Å². The number of rotatable bonds is 14. The molecule has 2 unspecified atom stereocenters. The molecule has 0 aliphatic rings. The standard InChI is InChI=1S/C25H36O6/c1-4-5-14-29-16-22(28)18-31-24-12-8-20(9-13-24)25(2,3)19-6-10-23(11-7-19)30-17-21(27)15-26/h6-13,21-22,26-28H,4-5,14-18H2,1-3H3. The Bertz CT molecular complexity index is 742. The molecule has 2 aromatic carbocycles. The van der Waals surface area contributed by atoms with E-state index in [2.05, 4.69) is 20.8 Å². The maximum absolute atomic E-state index is 9.96. The van der Waals surface area contributed by atoms with Crippen molar-refractivity contribution >= 4 is 0 Å². The van der Waals surface area contributed by atoms with Crippen molar-refractivity contribution in [3.05, 3.63) is 59.7 Å². The molecule has 2 atom stereocenters. The summed E-state index contributed by atoms with van der Waals surface area (Å²) in [7, 11) is 0. The van der Waals surface area contributed by atoms with E-state index in [1.165, 1.54) is 0 Å². The van der Waals surface area contributed by atoms with Gasteiger partial charge in [-0.15, -0.1) is 0 Å². The Morgan fingerprint density at radius 3 is 1.71 bits per heavy atom. The molecule has 0 heterocycles. The molecular formula is C25H36O6. The summed E-state index contributed by atoms with van der Waals surface area (Å²) in [6.45, 7) is 7.26. The lowest BCUT2D eigenvalue weighted by Gasteiger charge is -2.26. The summed E-state index contributed by atoms with van der Waals surface area (Å²) >= 11 is 0. The molecule has 0 spiro atoms. The van der Waals surface area contributed by atoms with Gasteiger partial charge in [0.1, 0.15) is 36.9 Å². The van der Waals surface area contributed by atoms with Gasteiger partial charge in [0, 0.05) is 12.0 Å². The molecule has 0 aromatic heterocycles. The third-order valence-electron chi connectivity index (χ3n) is 5.20. The lowest BCUT2D eigenvalue weighted by atomic mass is 9.78. The smallest absolute Gasteiger partial charge is 0.119 e. The van der Waals surface area contributed by atoms with Gasteiger partial charge in [-0.25, -0.2) is 0 Å². The van der Waals surface area contributed by atoms with Gasteiger partial charge >= 0.3 is 0 Å². The van der Waals surface area contributed by atoms with E-state index in [9.17, 15) is 10.2 Å². The summed E-state index contributed by atoms with van der Waals surface area (Å²) in [5.74, 6) is 1.35. The lowest BCUT2D eigenvalue weighted by Crippen LogP contribution is -2.24. The van der Waals surface area contributed by atoms with Gasteiger partial charge in [-0.1, -0.05) is 51.5 Å².